The second-order valence-electron chi connectivity index (χ2n) is 2.42. The molecule has 0 aliphatic heterocycles. The van der Waals surface area contributed by atoms with E-state index in [1.54, 1.807) is 0 Å². The molecule has 1 aromatic carbocycles. The van der Waals surface area contributed by atoms with Crippen LogP contribution >= 0.6 is 34.8 Å². The second kappa shape index (κ2) is 4.38. The van der Waals surface area contributed by atoms with Gasteiger partial charge in [0.1, 0.15) is 5.82 Å². The third kappa shape index (κ3) is 3.70. The van der Waals surface area contributed by atoms with Gasteiger partial charge in [-0.1, -0.05) is 0 Å². The lowest BCUT2D eigenvalue weighted by molar-refractivity contribution is -0.386. The molecule has 0 saturated heterocycles. The Morgan fingerprint density at radius 2 is 2.00 bits per heavy atom. The standard InChI is InChI=1S/C7H3Cl3FNO3/c8-7(9,10)15-6-3-4(11)1-2-5(6)12(13)14/h1-3H. The van der Waals surface area contributed by atoms with Crippen molar-refractivity contribution in [2.75, 3.05) is 0 Å². The first-order chi connectivity index (χ1) is 6.79. The van der Waals surface area contributed by atoms with Gasteiger partial charge in [-0.2, -0.15) is 0 Å². The Morgan fingerprint density at radius 3 is 2.47 bits per heavy atom. The van der Waals surface area contributed by atoms with Crippen LogP contribution in [0.25, 0.3) is 0 Å². The van der Waals surface area contributed by atoms with E-state index < -0.39 is 26.2 Å². The predicted octanol–water partition coefficient (Wildman–Crippen LogP) is 3.44. The van der Waals surface area contributed by atoms with Crippen LogP contribution < -0.4 is 4.74 Å². The van der Waals surface area contributed by atoms with E-state index in [0.717, 1.165) is 18.2 Å². The predicted molar refractivity (Wildman–Crippen MR) is 54.0 cm³/mol. The van der Waals surface area contributed by atoms with Gasteiger partial charge < -0.3 is 4.74 Å². The molecule has 82 valence electrons. The summed E-state index contributed by atoms with van der Waals surface area (Å²) in [4.78, 5) is 9.72. The number of alkyl halides is 3. The van der Waals surface area contributed by atoms with Gasteiger partial charge in [-0.05, 0) is 40.9 Å². The summed E-state index contributed by atoms with van der Waals surface area (Å²) in [5.74, 6) is -1.18. The van der Waals surface area contributed by atoms with E-state index in [2.05, 4.69) is 4.74 Å². The molecule has 1 rings (SSSR count). The van der Waals surface area contributed by atoms with E-state index in [1.165, 1.54) is 0 Å². The van der Waals surface area contributed by atoms with Crippen LogP contribution in [0.15, 0.2) is 18.2 Å². The van der Waals surface area contributed by atoms with E-state index in [-0.39, 0.29) is 0 Å². The van der Waals surface area contributed by atoms with Crippen LogP contribution in [0.2, 0.25) is 0 Å². The van der Waals surface area contributed by atoms with Crippen molar-refractivity contribution in [1.29, 1.82) is 0 Å². The Labute approximate surface area is 98.6 Å². The second-order valence-corrected chi connectivity index (χ2v) is 4.59. The number of nitrogens with zero attached hydrogens (tertiary/aromatic N) is 1. The fourth-order valence-electron chi connectivity index (χ4n) is 0.845. The molecule has 8 heteroatoms. The summed E-state index contributed by atoms with van der Waals surface area (Å²) in [5.41, 5.74) is -0.484. The Balaban J connectivity index is 3.13. The fraction of sp³-hybridized carbons (Fsp3) is 0.143. The summed E-state index contributed by atoms with van der Waals surface area (Å²) in [7, 11) is 0. The number of rotatable bonds is 2. The monoisotopic (exact) mass is 273 g/mol. The lowest BCUT2D eigenvalue weighted by atomic mass is 10.3. The number of nitro groups is 1. The summed E-state index contributed by atoms with van der Waals surface area (Å²) in [6.45, 7) is 0. The van der Waals surface area contributed by atoms with Gasteiger partial charge in [0, 0.05) is 12.1 Å². The molecule has 0 aliphatic carbocycles. The van der Waals surface area contributed by atoms with E-state index in [9.17, 15) is 14.5 Å². The molecular weight excluding hydrogens is 271 g/mol. The highest BCUT2D eigenvalue weighted by molar-refractivity contribution is 6.66. The topological polar surface area (TPSA) is 52.4 Å². The molecule has 4 nitrogen and oxygen atoms in total. The normalized spacial score (nSPS) is 11.2. The zero-order valence-electron chi connectivity index (χ0n) is 6.92. The molecule has 0 fully saturated rings. The van der Waals surface area contributed by atoms with Gasteiger partial charge in [0.2, 0.25) is 5.75 Å². The number of hydrogen-bond acceptors (Lipinski definition) is 3. The fourth-order valence-corrected chi connectivity index (χ4v) is 1.09. The van der Waals surface area contributed by atoms with E-state index in [4.69, 9.17) is 34.8 Å². The van der Waals surface area contributed by atoms with Gasteiger partial charge >= 0.3 is 9.67 Å². The molecule has 0 atom stereocenters. The quantitative estimate of drug-likeness (QED) is 0.471. The minimum Gasteiger partial charge on any atom is -0.438 e. The van der Waals surface area contributed by atoms with Crippen molar-refractivity contribution in [3.63, 3.8) is 0 Å². The van der Waals surface area contributed by atoms with Crippen molar-refractivity contribution in [2.24, 2.45) is 0 Å². The summed E-state index contributed by atoms with van der Waals surface area (Å²) < 4.78 is 15.2. The van der Waals surface area contributed by atoms with Crippen molar-refractivity contribution < 1.29 is 14.1 Å². The summed E-state index contributed by atoms with van der Waals surface area (Å²) >= 11 is 15.8. The minimum absolute atomic E-state index is 0.444. The molecule has 0 aliphatic rings. The third-order valence-corrected chi connectivity index (χ3v) is 1.58. The van der Waals surface area contributed by atoms with E-state index in [1.807, 2.05) is 0 Å². The van der Waals surface area contributed by atoms with Crippen LogP contribution in [0.3, 0.4) is 0 Å². The molecule has 0 aromatic heterocycles. The van der Waals surface area contributed by atoms with Crippen molar-refractivity contribution in [1.82, 2.24) is 0 Å². The first-order valence-corrected chi connectivity index (χ1v) is 4.62. The Kier molecular flexibility index (Phi) is 3.59. The molecule has 0 heterocycles. The number of ether oxygens (including phenoxy) is 1. The van der Waals surface area contributed by atoms with Crippen LogP contribution in [-0.4, -0.2) is 8.90 Å². The molecule has 0 amide bonds. The molecular formula is C7H3Cl3FNO3. The number of halogens is 4. The highest BCUT2D eigenvalue weighted by atomic mass is 35.6. The zero-order chi connectivity index (χ0) is 11.6. The Morgan fingerprint density at radius 1 is 1.40 bits per heavy atom. The van der Waals surface area contributed by atoms with E-state index in [0.29, 0.717) is 0 Å². The summed E-state index contributed by atoms with van der Waals surface area (Å²) in [6, 6.07) is 2.59. The first-order valence-electron chi connectivity index (χ1n) is 3.49. The Bertz CT molecular complexity index is 394. The van der Waals surface area contributed by atoms with Gasteiger partial charge in [-0.3, -0.25) is 10.1 Å². The maximum Gasteiger partial charge on any atom is 0.338 e. The smallest absolute Gasteiger partial charge is 0.338 e. The van der Waals surface area contributed by atoms with Crippen LogP contribution in [-0.2, 0) is 0 Å². The molecule has 0 radical (unpaired) electrons. The van der Waals surface area contributed by atoms with Crippen molar-refractivity contribution in [3.8, 4) is 5.75 Å². The molecule has 0 bridgehead atoms. The van der Waals surface area contributed by atoms with Crippen LogP contribution in [0.5, 0.6) is 5.75 Å². The van der Waals surface area contributed by atoms with Crippen molar-refractivity contribution in [2.45, 2.75) is 3.98 Å². The molecule has 1 aromatic rings. The highest BCUT2D eigenvalue weighted by Crippen LogP contribution is 2.35. The zero-order valence-corrected chi connectivity index (χ0v) is 9.18. The first kappa shape index (κ1) is 12.3. The van der Waals surface area contributed by atoms with Crippen LogP contribution in [0, 0.1) is 15.9 Å². The van der Waals surface area contributed by atoms with Crippen molar-refractivity contribution in [3.05, 3.63) is 34.1 Å². The van der Waals surface area contributed by atoms with Gasteiger partial charge in [0.15, 0.2) is 0 Å². The minimum atomic E-state index is -2.18. The van der Waals surface area contributed by atoms with Gasteiger partial charge in [0.25, 0.3) is 0 Å². The molecule has 0 saturated carbocycles. The third-order valence-electron chi connectivity index (χ3n) is 1.34. The number of nitro benzene ring substituents is 1. The lowest BCUT2D eigenvalue weighted by Crippen LogP contribution is -2.13. The summed E-state index contributed by atoms with van der Waals surface area (Å²) in [6.07, 6.45) is 0. The molecule has 15 heavy (non-hydrogen) atoms. The largest absolute Gasteiger partial charge is 0.438 e. The molecule has 0 unspecified atom stereocenters. The van der Waals surface area contributed by atoms with Crippen LogP contribution in [0.1, 0.15) is 0 Å². The summed E-state index contributed by atoms with van der Waals surface area (Å²) in [5, 5.41) is 10.5. The van der Waals surface area contributed by atoms with Gasteiger partial charge in [0.05, 0.1) is 4.92 Å². The average molecular weight is 274 g/mol. The van der Waals surface area contributed by atoms with Gasteiger partial charge in [-0.25, -0.2) is 4.39 Å². The maximum atomic E-state index is 12.8. The maximum absolute atomic E-state index is 12.8. The molecule has 0 spiro atoms. The van der Waals surface area contributed by atoms with Gasteiger partial charge in [-0.15, -0.1) is 0 Å². The number of benzene rings is 1. The highest BCUT2D eigenvalue weighted by Gasteiger charge is 2.27. The molecule has 0 N–H and O–H groups in total. The Hall–Kier alpha value is -0.780. The SMILES string of the molecule is O=[N+]([O-])c1ccc(F)cc1OC(Cl)(Cl)Cl. The van der Waals surface area contributed by atoms with Crippen LogP contribution in [0.4, 0.5) is 10.1 Å². The van der Waals surface area contributed by atoms with E-state index >= 15 is 0 Å². The lowest BCUT2D eigenvalue weighted by Gasteiger charge is -2.13. The average Bonchev–Trinajstić information content (AvgIpc) is 1.99. The number of hydrogen-bond donors (Lipinski definition) is 0. The van der Waals surface area contributed by atoms with Crippen molar-refractivity contribution >= 4 is 40.5 Å².